The van der Waals surface area contributed by atoms with Crippen LogP contribution in [0.1, 0.15) is 21.7 Å². The number of pyridine rings is 1. The molecule has 1 amide bonds. The summed E-state index contributed by atoms with van der Waals surface area (Å²) in [5, 5.41) is 11.4. The fourth-order valence-electron chi connectivity index (χ4n) is 1.35. The number of halogens is 1. The highest BCUT2D eigenvalue weighted by Gasteiger charge is 2.10. The summed E-state index contributed by atoms with van der Waals surface area (Å²) in [6.45, 7) is 1.74. The fourth-order valence-corrected chi connectivity index (χ4v) is 1.58. The number of nitrogens with one attached hydrogen (secondary N) is 1. The third-order valence-electron chi connectivity index (χ3n) is 2.17. The van der Waals surface area contributed by atoms with Gasteiger partial charge in [-0.15, -0.1) is 0 Å². The molecule has 0 bridgehead atoms. The van der Waals surface area contributed by atoms with Gasteiger partial charge in [-0.3, -0.25) is 10.1 Å². The minimum atomic E-state index is -0.467. The Bertz CT molecular complexity index is 643. The minimum Gasteiger partial charge on any atom is -0.289 e. The van der Waals surface area contributed by atoms with Crippen molar-refractivity contribution in [1.82, 2.24) is 15.0 Å². The topological polar surface area (TPSA) is 91.6 Å². The predicted octanol–water partition coefficient (Wildman–Crippen LogP) is 1.96. The van der Waals surface area contributed by atoms with Gasteiger partial charge in [-0.05, 0) is 25.1 Å². The smallest absolute Gasteiger partial charge is 0.276 e. The zero-order chi connectivity index (χ0) is 13.8. The molecule has 6 nitrogen and oxygen atoms in total. The Labute approximate surface area is 114 Å². The van der Waals surface area contributed by atoms with Gasteiger partial charge >= 0.3 is 0 Å². The summed E-state index contributed by atoms with van der Waals surface area (Å²) in [5.41, 5.74) is 1.19. The van der Waals surface area contributed by atoms with Crippen molar-refractivity contribution in [2.45, 2.75) is 6.92 Å². The molecular formula is C12H8ClN5O. The number of hydrogen-bond donors (Lipinski definition) is 1. The average Bonchev–Trinajstić information content (AvgIpc) is 2.37. The van der Waals surface area contributed by atoms with Crippen molar-refractivity contribution < 1.29 is 4.79 Å². The predicted molar refractivity (Wildman–Crippen MR) is 68.7 cm³/mol. The molecule has 0 unspecified atom stereocenters. The van der Waals surface area contributed by atoms with Crippen molar-refractivity contribution in [3.05, 3.63) is 46.5 Å². The Morgan fingerprint density at radius 3 is 2.79 bits per heavy atom. The van der Waals surface area contributed by atoms with E-state index < -0.39 is 5.91 Å². The second-order valence-corrected chi connectivity index (χ2v) is 4.04. The van der Waals surface area contributed by atoms with E-state index in [0.29, 0.717) is 11.3 Å². The highest BCUT2D eigenvalue weighted by atomic mass is 35.5. The van der Waals surface area contributed by atoms with E-state index in [4.69, 9.17) is 16.9 Å². The van der Waals surface area contributed by atoms with Gasteiger partial charge in [0.05, 0.1) is 5.56 Å². The molecule has 0 aromatic carbocycles. The lowest BCUT2D eigenvalue weighted by molar-refractivity contribution is 0.102. The number of rotatable bonds is 2. The van der Waals surface area contributed by atoms with Crippen LogP contribution in [0.25, 0.3) is 0 Å². The second kappa shape index (κ2) is 5.42. The molecule has 2 aromatic rings. The van der Waals surface area contributed by atoms with Crippen LogP contribution in [0.15, 0.2) is 24.4 Å². The van der Waals surface area contributed by atoms with Crippen LogP contribution in [-0.4, -0.2) is 20.9 Å². The van der Waals surface area contributed by atoms with Crippen molar-refractivity contribution >= 4 is 23.5 Å². The van der Waals surface area contributed by atoms with E-state index in [-0.39, 0.29) is 16.8 Å². The number of amides is 1. The first-order valence-electron chi connectivity index (χ1n) is 5.27. The highest BCUT2D eigenvalue weighted by molar-refractivity contribution is 6.29. The first kappa shape index (κ1) is 12.9. The first-order valence-corrected chi connectivity index (χ1v) is 5.65. The molecule has 0 radical (unpaired) electrons. The van der Waals surface area contributed by atoms with Gasteiger partial charge in [-0.2, -0.15) is 5.26 Å². The number of carbonyl (C=O) groups excluding carboxylic acids is 1. The van der Waals surface area contributed by atoms with E-state index in [1.807, 2.05) is 6.07 Å². The van der Waals surface area contributed by atoms with Crippen molar-refractivity contribution in [3.63, 3.8) is 0 Å². The Hall–Kier alpha value is -2.52. The number of nitrogens with zero attached hydrogens (tertiary/aromatic N) is 4. The maximum absolute atomic E-state index is 11.9. The summed E-state index contributed by atoms with van der Waals surface area (Å²) in [4.78, 5) is 23.6. The van der Waals surface area contributed by atoms with Gasteiger partial charge < -0.3 is 0 Å². The van der Waals surface area contributed by atoms with Crippen molar-refractivity contribution in [1.29, 1.82) is 5.26 Å². The van der Waals surface area contributed by atoms with Gasteiger partial charge in [0.1, 0.15) is 16.9 Å². The monoisotopic (exact) mass is 273 g/mol. The summed E-state index contributed by atoms with van der Waals surface area (Å²) >= 11 is 5.77. The molecule has 0 saturated carbocycles. The number of aromatic nitrogens is 3. The lowest BCUT2D eigenvalue weighted by Crippen LogP contribution is -2.16. The molecular weight excluding hydrogens is 266 g/mol. The summed E-state index contributed by atoms with van der Waals surface area (Å²) in [6, 6.07) is 6.46. The molecule has 2 heterocycles. The number of nitriles is 1. The third kappa shape index (κ3) is 3.24. The zero-order valence-corrected chi connectivity index (χ0v) is 10.6. The van der Waals surface area contributed by atoms with Gasteiger partial charge in [-0.1, -0.05) is 11.6 Å². The van der Waals surface area contributed by atoms with Crippen LogP contribution < -0.4 is 5.32 Å². The Morgan fingerprint density at radius 1 is 1.42 bits per heavy atom. The zero-order valence-electron chi connectivity index (χ0n) is 9.88. The fraction of sp³-hybridized carbons (Fsp3) is 0.0833. The maximum atomic E-state index is 11.9. The molecule has 0 saturated heterocycles. The van der Waals surface area contributed by atoms with Crippen molar-refractivity contribution in [2.24, 2.45) is 0 Å². The van der Waals surface area contributed by atoms with Crippen LogP contribution in [0, 0.1) is 18.3 Å². The Balaban J connectivity index is 2.18. The minimum absolute atomic E-state index is 0.112. The van der Waals surface area contributed by atoms with Crippen LogP contribution in [0.5, 0.6) is 0 Å². The number of hydrogen-bond acceptors (Lipinski definition) is 5. The van der Waals surface area contributed by atoms with Gasteiger partial charge in [0.25, 0.3) is 5.91 Å². The van der Waals surface area contributed by atoms with Crippen LogP contribution in [-0.2, 0) is 0 Å². The van der Waals surface area contributed by atoms with Crippen LogP contribution in [0.2, 0.25) is 5.15 Å². The van der Waals surface area contributed by atoms with Crippen LogP contribution in [0.3, 0.4) is 0 Å². The Kier molecular flexibility index (Phi) is 3.68. The molecule has 19 heavy (non-hydrogen) atoms. The van der Waals surface area contributed by atoms with Crippen LogP contribution >= 0.6 is 11.6 Å². The molecule has 2 aromatic heterocycles. The highest BCUT2D eigenvalue weighted by Crippen LogP contribution is 2.10. The van der Waals surface area contributed by atoms with Crippen molar-refractivity contribution in [3.8, 4) is 6.07 Å². The normalized spacial score (nSPS) is 9.74. The molecule has 0 fully saturated rings. The van der Waals surface area contributed by atoms with E-state index >= 15 is 0 Å². The van der Waals surface area contributed by atoms with Gasteiger partial charge in [0, 0.05) is 11.9 Å². The molecule has 94 valence electrons. The molecule has 2 rings (SSSR count). The molecule has 1 N–H and O–H groups in total. The Morgan fingerprint density at radius 2 is 2.21 bits per heavy atom. The number of carbonyl (C=O) groups is 1. The van der Waals surface area contributed by atoms with Gasteiger partial charge in [0.15, 0.2) is 0 Å². The average molecular weight is 274 g/mol. The molecule has 7 heteroatoms. The van der Waals surface area contributed by atoms with E-state index in [1.54, 1.807) is 13.0 Å². The van der Waals surface area contributed by atoms with Crippen LogP contribution in [0.4, 0.5) is 5.95 Å². The standard InChI is InChI=1S/C12H8ClN5O/c1-7-4-10(13)17-12(16-7)18-11(19)9-3-2-8(5-14)6-15-9/h2-4,6H,1H3,(H,16,17,18,19). The van der Waals surface area contributed by atoms with E-state index in [1.165, 1.54) is 18.3 Å². The van der Waals surface area contributed by atoms with E-state index in [9.17, 15) is 4.79 Å². The largest absolute Gasteiger partial charge is 0.289 e. The van der Waals surface area contributed by atoms with Crippen molar-refractivity contribution in [2.75, 3.05) is 5.32 Å². The lowest BCUT2D eigenvalue weighted by Gasteiger charge is -2.04. The van der Waals surface area contributed by atoms with Gasteiger partial charge in [-0.25, -0.2) is 15.0 Å². The lowest BCUT2D eigenvalue weighted by atomic mass is 10.2. The summed E-state index contributed by atoms with van der Waals surface area (Å²) in [7, 11) is 0. The van der Waals surface area contributed by atoms with E-state index in [2.05, 4.69) is 20.3 Å². The molecule has 0 atom stereocenters. The SMILES string of the molecule is Cc1cc(Cl)nc(NC(=O)c2ccc(C#N)cn2)n1. The van der Waals surface area contributed by atoms with E-state index in [0.717, 1.165) is 0 Å². The molecule has 0 aliphatic rings. The summed E-state index contributed by atoms with van der Waals surface area (Å²) in [6.07, 6.45) is 1.32. The maximum Gasteiger partial charge on any atom is 0.276 e. The quantitative estimate of drug-likeness (QED) is 0.845. The number of aryl methyl sites for hydroxylation is 1. The molecule has 0 spiro atoms. The molecule has 0 aliphatic heterocycles. The third-order valence-corrected chi connectivity index (χ3v) is 2.37. The summed E-state index contributed by atoms with van der Waals surface area (Å²) < 4.78 is 0. The molecule has 0 aliphatic carbocycles. The summed E-state index contributed by atoms with van der Waals surface area (Å²) in [5.74, 6) is -0.354. The number of anilines is 1. The van der Waals surface area contributed by atoms with Gasteiger partial charge in [0.2, 0.25) is 5.95 Å². The first-order chi connectivity index (χ1) is 9.08. The second-order valence-electron chi connectivity index (χ2n) is 3.65.